The second-order valence-electron chi connectivity index (χ2n) is 2.26. The van der Waals surface area contributed by atoms with Crippen LogP contribution in [0.2, 0.25) is 0 Å². The van der Waals surface area contributed by atoms with Crippen LogP contribution >= 0.6 is 22.9 Å². The Morgan fingerprint density at radius 3 is 2.55 bits per heavy atom. The lowest BCUT2D eigenvalue weighted by atomic mass is 10.6. The molecule has 0 aliphatic carbocycles. The van der Waals surface area contributed by atoms with E-state index in [1.807, 2.05) is 13.8 Å². The molecule has 0 spiro atoms. The zero-order valence-electron chi connectivity index (χ0n) is 6.72. The molecule has 1 atom stereocenters. The highest BCUT2D eigenvalue weighted by atomic mass is 35.5. The molecule has 1 heterocycles. The van der Waals surface area contributed by atoms with E-state index >= 15 is 0 Å². The van der Waals surface area contributed by atoms with Crippen LogP contribution in [0.15, 0.2) is 0 Å². The van der Waals surface area contributed by atoms with Crippen LogP contribution in [-0.2, 0) is 0 Å². The van der Waals surface area contributed by atoms with Gasteiger partial charge in [0.25, 0.3) is 0 Å². The second kappa shape index (κ2) is 3.41. The molecule has 0 aliphatic rings. The van der Waals surface area contributed by atoms with E-state index in [-0.39, 0.29) is 5.56 Å². The number of aryl methyl sites for hydroxylation is 2. The first-order valence-electron chi connectivity index (χ1n) is 3.34. The third kappa shape index (κ3) is 2.34. The largest absolute Gasteiger partial charge is 0.457 e. The lowest BCUT2D eigenvalue weighted by Crippen LogP contribution is -2.03. The van der Waals surface area contributed by atoms with Gasteiger partial charge in [-0.15, -0.1) is 11.3 Å². The topological polar surface area (TPSA) is 22.1 Å². The molecule has 0 radical (unpaired) electrons. The predicted molar refractivity (Wildman–Crippen MR) is 47.5 cm³/mol. The monoisotopic (exact) mass is 191 g/mol. The summed E-state index contributed by atoms with van der Waals surface area (Å²) in [5, 5.41) is 1.01. The Balaban J connectivity index is 2.77. The Kier molecular flexibility index (Phi) is 2.73. The minimum Gasteiger partial charge on any atom is -0.457 e. The van der Waals surface area contributed by atoms with Gasteiger partial charge in [0.2, 0.25) is 5.88 Å². The zero-order chi connectivity index (χ0) is 8.43. The van der Waals surface area contributed by atoms with E-state index in [4.69, 9.17) is 16.3 Å². The fourth-order valence-corrected chi connectivity index (χ4v) is 1.61. The number of aromatic nitrogens is 1. The Hall–Kier alpha value is -0.280. The van der Waals surface area contributed by atoms with E-state index in [0.29, 0.717) is 5.88 Å². The van der Waals surface area contributed by atoms with Crippen molar-refractivity contribution in [3.63, 3.8) is 0 Å². The highest BCUT2D eigenvalue weighted by Gasteiger charge is 2.07. The number of nitrogens with zero attached hydrogens (tertiary/aromatic N) is 1. The number of rotatable bonds is 2. The molecule has 11 heavy (non-hydrogen) atoms. The van der Waals surface area contributed by atoms with Gasteiger partial charge in [-0.3, -0.25) is 0 Å². The van der Waals surface area contributed by atoms with Crippen LogP contribution in [0.1, 0.15) is 16.8 Å². The van der Waals surface area contributed by atoms with Gasteiger partial charge >= 0.3 is 0 Å². The Bertz CT molecular complexity index is 247. The Morgan fingerprint density at radius 2 is 2.18 bits per heavy atom. The van der Waals surface area contributed by atoms with Crippen molar-refractivity contribution in [2.24, 2.45) is 0 Å². The fraction of sp³-hybridized carbons (Fsp3) is 0.571. The third-order valence-electron chi connectivity index (χ3n) is 1.13. The zero-order valence-corrected chi connectivity index (χ0v) is 8.29. The predicted octanol–water partition coefficient (Wildman–Crippen LogP) is 2.72. The van der Waals surface area contributed by atoms with Crippen LogP contribution < -0.4 is 4.74 Å². The van der Waals surface area contributed by atoms with Gasteiger partial charge in [0.05, 0.1) is 9.88 Å². The van der Waals surface area contributed by atoms with Gasteiger partial charge in [-0.2, -0.15) is 0 Å². The summed E-state index contributed by atoms with van der Waals surface area (Å²) in [6, 6.07) is 0. The lowest BCUT2D eigenvalue weighted by molar-refractivity contribution is 0.289. The number of alkyl halides is 1. The summed E-state index contributed by atoms with van der Waals surface area (Å²) in [6.45, 7) is 5.69. The maximum absolute atomic E-state index is 5.64. The van der Waals surface area contributed by atoms with E-state index < -0.39 is 0 Å². The van der Waals surface area contributed by atoms with Crippen LogP contribution in [0, 0.1) is 13.8 Å². The van der Waals surface area contributed by atoms with E-state index in [1.165, 1.54) is 0 Å². The van der Waals surface area contributed by atoms with E-state index in [0.717, 1.165) is 9.88 Å². The van der Waals surface area contributed by atoms with Crippen LogP contribution in [-0.4, -0.2) is 10.5 Å². The van der Waals surface area contributed by atoms with Crippen molar-refractivity contribution in [3.05, 3.63) is 9.88 Å². The SMILES string of the molecule is Cc1nc(OC(C)Cl)c(C)s1. The minimum absolute atomic E-state index is 0.310. The first kappa shape index (κ1) is 8.81. The van der Waals surface area contributed by atoms with Gasteiger partial charge in [0, 0.05) is 0 Å². The van der Waals surface area contributed by atoms with Gasteiger partial charge in [-0.1, -0.05) is 11.6 Å². The molecule has 0 amide bonds. The molecule has 0 aliphatic heterocycles. The first-order valence-corrected chi connectivity index (χ1v) is 4.59. The number of halogens is 1. The van der Waals surface area contributed by atoms with Gasteiger partial charge in [0.15, 0.2) is 5.56 Å². The molecule has 0 aromatic carbocycles. The molecule has 0 saturated heterocycles. The minimum atomic E-state index is -0.310. The summed E-state index contributed by atoms with van der Waals surface area (Å²) in [7, 11) is 0. The summed E-state index contributed by atoms with van der Waals surface area (Å²) in [5.74, 6) is 0.662. The Labute approximate surface area is 75.2 Å². The van der Waals surface area contributed by atoms with Gasteiger partial charge in [0.1, 0.15) is 0 Å². The number of hydrogen-bond donors (Lipinski definition) is 0. The van der Waals surface area contributed by atoms with Gasteiger partial charge < -0.3 is 4.74 Å². The van der Waals surface area contributed by atoms with Crippen LogP contribution in [0.3, 0.4) is 0 Å². The number of ether oxygens (including phenoxy) is 1. The maximum Gasteiger partial charge on any atom is 0.229 e. The van der Waals surface area contributed by atoms with E-state index in [9.17, 15) is 0 Å². The highest BCUT2D eigenvalue weighted by Crippen LogP contribution is 2.24. The highest BCUT2D eigenvalue weighted by molar-refractivity contribution is 7.11. The molecule has 1 unspecified atom stereocenters. The lowest BCUT2D eigenvalue weighted by Gasteiger charge is -2.03. The van der Waals surface area contributed by atoms with Crippen molar-refractivity contribution >= 4 is 22.9 Å². The van der Waals surface area contributed by atoms with Crippen molar-refractivity contribution < 1.29 is 4.74 Å². The molecule has 1 aromatic heterocycles. The molecular weight excluding hydrogens is 182 g/mol. The van der Waals surface area contributed by atoms with E-state index in [2.05, 4.69) is 4.98 Å². The fourth-order valence-electron chi connectivity index (χ4n) is 0.773. The second-order valence-corrected chi connectivity index (χ2v) is 4.28. The molecule has 2 nitrogen and oxygen atoms in total. The molecule has 62 valence electrons. The molecular formula is C7H10ClNOS. The molecule has 1 rings (SSSR count). The van der Waals surface area contributed by atoms with Crippen LogP contribution in [0.4, 0.5) is 0 Å². The van der Waals surface area contributed by atoms with E-state index in [1.54, 1.807) is 18.3 Å². The molecule has 0 bridgehead atoms. The summed E-state index contributed by atoms with van der Waals surface area (Å²) in [6.07, 6.45) is 0. The van der Waals surface area contributed by atoms with Gasteiger partial charge in [-0.25, -0.2) is 4.98 Å². The molecule has 0 N–H and O–H groups in total. The molecule has 4 heteroatoms. The molecule has 1 aromatic rings. The summed E-state index contributed by atoms with van der Waals surface area (Å²) in [5.41, 5.74) is -0.310. The Morgan fingerprint density at radius 1 is 1.55 bits per heavy atom. The van der Waals surface area contributed by atoms with Crippen LogP contribution in [0.5, 0.6) is 5.88 Å². The average molecular weight is 192 g/mol. The number of thiazole rings is 1. The number of hydrogen-bond acceptors (Lipinski definition) is 3. The van der Waals surface area contributed by atoms with Gasteiger partial charge in [-0.05, 0) is 20.8 Å². The summed E-state index contributed by atoms with van der Waals surface area (Å²) in [4.78, 5) is 5.24. The maximum atomic E-state index is 5.64. The normalized spacial score (nSPS) is 13.1. The molecule has 0 fully saturated rings. The van der Waals surface area contributed by atoms with Crippen molar-refractivity contribution in [1.29, 1.82) is 0 Å². The van der Waals surface area contributed by atoms with Crippen molar-refractivity contribution in [3.8, 4) is 5.88 Å². The third-order valence-corrected chi connectivity index (χ3v) is 2.09. The standard InChI is InChI=1S/C7H10ClNOS/c1-4-7(10-5(2)8)9-6(3)11-4/h5H,1-3H3. The summed E-state index contributed by atoms with van der Waals surface area (Å²) < 4.78 is 5.23. The quantitative estimate of drug-likeness (QED) is 0.671. The van der Waals surface area contributed by atoms with Crippen molar-refractivity contribution in [2.75, 3.05) is 0 Å². The average Bonchev–Trinajstić information content (AvgIpc) is 2.09. The van der Waals surface area contributed by atoms with Crippen LogP contribution in [0.25, 0.3) is 0 Å². The first-order chi connectivity index (χ1) is 5.09. The van der Waals surface area contributed by atoms with Crippen molar-refractivity contribution in [1.82, 2.24) is 4.98 Å². The van der Waals surface area contributed by atoms with Crippen molar-refractivity contribution in [2.45, 2.75) is 26.3 Å². The summed E-state index contributed by atoms with van der Waals surface area (Å²) >= 11 is 7.25. The smallest absolute Gasteiger partial charge is 0.229 e. The molecule has 0 saturated carbocycles.